The van der Waals surface area contributed by atoms with Crippen LogP contribution in [0.5, 0.6) is 11.5 Å². The van der Waals surface area contributed by atoms with E-state index in [1.165, 1.54) is 14.2 Å². The molecule has 2 aromatic heterocycles. The van der Waals surface area contributed by atoms with Crippen LogP contribution in [0.25, 0.3) is 27.9 Å². The van der Waals surface area contributed by atoms with Crippen molar-refractivity contribution >= 4 is 39.7 Å². The summed E-state index contributed by atoms with van der Waals surface area (Å²) >= 11 is 0. The summed E-state index contributed by atoms with van der Waals surface area (Å²) < 4.78 is 12.8. The summed E-state index contributed by atoms with van der Waals surface area (Å²) in [5.74, 6) is 0.132. The Morgan fingerprint density at radius 1 is 0.950 bits per heavy atom. The van der Waals surface area contributed by atoms with E-state index in [1.54, 1.807) is 24.3 Å². The molecule has 204 valence electrons. The summed E-state index contributed by atoms with van der Waals surface area (Å²) in [6.07, 6.45) is 6.33. The molecule has 8 heteroatoms. The molecule has 8 nitrogen and oxygen atoms in total. The van der Waals surface area contributed by atoms with Crippen LogP contribution in [0.2, 0.25) is 0 Å². The molecule has 3 aromatic carbocycles. The topological polar surface area (TPSA) is 97.4 Å². The van der Waals surface area contributed by atoms with Gasteiger partial charge in [-0.25, -0.2) is 0 Å². The third-order valence-electron chi connectivity index (χ3n) is 6.95. The maximum atomic E-state index is 13.5. The Hall–Kier alpha value is -4.98. The predicted octanol–water partition coefficient (Wildman–Crippen LogP) is 5.29. The molecule has 0 bridgehead atoms. The molecule has 2 amide bonds. The van der Waals surface area contributed by atoms with Gasteiger partial charge in [0.25, 0.3) is 11.8 Å². The van der Waals surface area contributed by atoms with Gasteiger partial charge in [0.15, 0.2) is 11.5 Å². The number of hydrogen-bond donors (Lipinski definition) is 3. The number of amides is 2. The third-order valence-corrected chi connectivity index (χ3v) is 6.95. The summed E-state index contributed by atoms with van der Waals surface area (Å²) in [6.45, 7) is 3.25. The Bertz CT molecular complexity index is 1710. The number of carbonyl (C=O) groups is 2. The molecule has 0 aliphatic rings. The van der Waals surface area contributed by atoms with E-state index in [4.69, 9.17) is 9.47 Å². The summed E-state index contributed by atoms with van der Waals surface area (Å²) in [5.41, 5.74) is 4.55. The fourth-order valence-corrected chi connectivity index (χ4v) is 4.88. The van der Waals surface area contributed by atoms with E-state index < -0.39 is 5.91 Å². The molecule has 0 aliphatic carbocycles. The monoisotopic (exact) mass is 536 g/mol. The van der Waals surface area contributed by atoms with Crippen LogP contribution in [0.15, 0.2) is 84.8 Å². The summed E-state index contributed by atoms with van der Waals surface area (Å²) in [6, 6.07) is 20.9. The first kappa shape index (κ1) is 26.6. The third kappa shape index (κ3) is 5.42. The number of fused-ring (bicyclic) bond motifs is 2. The second-order valence-corrected chi connectivity index (χ2v) is 9.33. The van der Waals surface area contributed by atoms with Crippen molar-refractivity contribution in [1.29, 1.82) is 0 Å². The first-order valence-corrected chi connectivity index (χ1v) is 13.2. The normalized spacial score (nSPS) is 11.5. The Morgan fingerprint density at radius 2 is 1.70 bits per heavy atom. The van der Waals surface area contributed by atoms with Gasteiger partial charge < -0.3 is 29.7 Å². The van der Waals surface area contributed by atoms with Crippen molar-refractivity contribution in [2.75, 3.05) is 20.8 Å². The van der Waals surface area contributed by atoms with Crippen LogP contribution in [0.1, 0.15) is 28.4 Å². The Kier molecular flexibility index (Phi) is 7.87. The van der Waals surface area contributed by atoms with Crippen LogP contribution >= 0.6 is 0 Å². The minimum Gasteiger partial charge on any atom is -0.493 e. The van der Waals surface area contributed by atoms with Gasteiger partial charge in [0.2, 0.25) is 0 Å². The zero-order valence-electron chi connectivity index (χ0n) is 22.8. The minimum absolute atomic E-state index is 0.151. The van der Waals surface area contributed by atoms with Crippen molar-refractivity contribution < 1.29 is 19.1 Å². The maximum absolute atomic E-state index is 13.5. The number of aromatic nitrogens is 2. The first-order valence-electron chi connectivity index (χ1n) is 13.2. The fraction of sp³-hybridized carbons (Fsp3) is 0.188. The van der Waals surface area contributed by atoms with Crippen molar-refractivity contribution in [3.05, 3.63) is 102 Å². The summed E-state index contributed by atoms with van der Waals surface area (Å²) in [7, 11) is 3.04. The highest BCUT2D eigenvalue weighted by molar-refractivity contribution is 6.06. The zero-order chi connectivity index (χ0) is 28.1. The highest BCUT2D eigenvalue weighted by Gasteiger charge is 2.18. The van der Waals surface area contributed by atoms with Crippen molar-refractivity contribution in [3.63, 3.8) is 0 Å². The van der Waals surface area contributed by atoms with E-state index in [0.717, 1.165) is 39.5 Å². The molecule has 0 unspecified atom stereocenters. The van der Waals surface area contributed by atoms with E-state index in [9.17, 15) is 9.59 Å². The lowest BCUT2D eigenvalue weighted by molar-refractivity contribution is -0.117. The van der Waals surface area contributed by atoms with Gasteiger partial charge in [-0.3, -0.25) is 9.59 Å². The van der Waals surface area contributed by atoms with Gasteiger partial charge in [0.05, 0.1) is 14.2 Å². The quantitative estimate of drug-likeness (QED) is 0.211. The zero-order valence-corrected chi connectivity index (χ0v) is 22.8. The molecule has 2 heterocycles. The molecule has 0 spiro atoms. The molecule has 5 aromatic rings. The van der Waals surface area contributed by atoms with Crippen molar-refractivity contribution in [3.8, 4) is 11.5 Å². The SMILES string of the molecule is CCn1cc(C=C(NC(=O)c2ccc(OC)c(OC)c2)C(=O)NCCc2c[nH]c3ccccc23)c2ccccc21. The number of rotatable bonds is 10. The van der Waals surface area contributed by atoms with E-state index in [-0.39, 0.29) is 11.6 Å². The van der Waals surface area contributed by atoms with E-state index >= 15 is 0 Å². The number of carbonyl (C=O) groups excluding carboxylic acids is 2. The molecule has 0 aliphatic heterocycles. The number of nitrogens with zero attached hydrogens (tertiary/aromatic N) is 1. The number of hydrogen-bond acceptors (Lipinski definition) is 4. The second kappa shape index (κ2) is 11.8. The molecule has 0 radical (unpaired) electrons. The lowest BCUT2D eigenvalue weighted by atomic mass is 10.1. The number of benzene rings is 3. The van der Waals surface area contributed by atoms with Gasteiger partial charge in [-0.15, -0.1) is 0 Å². The number of para-hydroxylation sites is 2. The second-order valence-electron chi connectivity index (χ2n) is 9.33. The van der Waals surface area contributed by atoms with Crippen LogP contribution in [0.3, 0.4) is 0 Å². The Morgan fingerprint density at radius 3 is 2.48 bits per heavy atom. The number of aromatic amines is 1. The van der Waals surface area contributed by atoms with Gasteiger partial charge in [-0.2, -0.15) is 0 Å². The van der Waals surface area contributed by atoms with Gasteiger partial charge >= 0.3 is 0 Å². The smallest absolute Gasteiger partial charge is 0.267 e. The average Bonchev–Trinajstić information content (AvgIpc) is 3.57. The highest BCUT2D eigenvalue weighted by atomic mass is 16.5. The fourth-order valence-electron chi connectivity index (χ4n) is 4.88. The Balaban J connectivity index is 1.42. The number of nitrogens with one attached hydrogen (secondary N) is 3. The highest BCUT2D eigenvalue weighted by Crippen LogP contribution is 2.28. The molecule has 3 N–H and O–H groups in total. The number of ether oxygens (including phenoxy) is 2. The van der Waals surface area contributed by atoms with Gasteiger partial charge in [-0.05, 0) is 55.3 Å². The van der Waals surface area contributed by atoms with Gasteiger partial charge in [-0.1, -0.05) is 36.4 Å². The van der Waals surface area contributed by atoms with Crippen LogP contribution < -0.4 is 20.1 Å². The van der Waals surface area contributed by atoms with Gasteiger partial charge in [0.1, 0.15) is 5.70 Å². The summed E-state index contributed by atoms with van der Waals surface area (Å²) in [5, 5.41) is 7.94. The number of H-pyrrole nitrogens is 1. The standard InChI is InChI=1S/C32H32N4O4/c1-4-36-20-23(25-10-6-8-12-28(25)36)17-27(35-31(37)21-13-14-29(39-2)30(18-21)40-3)32(38)33-16-15-22-19-34-26-11-7-5-9-24(22)26/h5-14,17-20,34H,4,15-16H2,1-3H3,(H,33,38)(H,35,37). The van der Waals surface area contributed by atoms with Crippen LogP contribution in [-0.4, -0.2) is 42.1 Å². The molecule has 40 heavy (non-hydrogen) atoms. The van der Waals surface area contributed by atoms with Crippen LogP contribution in [-0.2, 0) is 17.8 Å². The number of aryl methyl sites for hydroxylation is 1. The summed E-state index contributed by atoms with van der Waals surface area (Å²) in [4.78, 5) is 30.1. The van der Waals surface area contributed by atoms with E-state index in [1.807, 2.05) is 54.9 Å². The number of methoxy groups -OCH3 is 2. The largest absolute Gasteiger partial charge is 0.493 e. The average molecular weight is 537 g/mol. The lowest BCUT2D eigenvalue weighted by Gasteiger charge is -2.13. The van der Waals surface area contributed by atoms with E-state index in [0.29, 0.717) is 30.0 Å². The molecule has 0 fully saturated rings. The molecule has 5 rings (SSSR count). The Labute approximate surface area is 232 Å². The molecule has 0 saturated heterocycles. The lowest BCUT2D eigenvalue weighted by Crippen LogP contribution is -2.35. The van der Waals surface area contributed by atoms with Crippen molar-refractivity contribution in [2.24, 2.45) is 0 Å². The predicted molar refractivity (Wildman–Crippen MR) is 158 cm³/mol. The molecule has 0 saturated carbocycles. The molecular weight excluding hydrogens is 504 g/mol. The maximum Gasteiger partial charge on any atom is 0.267 e. The molecule has 0 atom stereocenters. The van der Waals surface area contributed by atoms with Crippen LogP contribution in [0, 0.1) is 0 Å². The van der Waals surface area contributed by atoms with Gasteiger partial charge in [0, 0.05) is 58.4 Å². The van der Waals surface area contributed by atoms with E-state index in [2.05, 4.69) is 33.2 Å². The van der Waals surface area contributed by atoms with Crippen molar-refractivity contribution in [2.45, 2.75) is 19.9 Å². The minimum atomic E-state index is -0.432. The first-order chi connectivity index (χ1) is 19.5. The van der Waals surface area contributed by atoms with Crippen LogP contribution in [0.4, 0.5) is 0 Å². The van der Waals surface area contributed by atoms with Crippen molar-refractivity contribution in [1.82, 2.24) is 20.2 Å². The molecular formula is C32H32N4O4.